The molecule has 2 aromatic rings. The van der Waals surface area contributed by atoms with E-state index in [2.05, 4.69) is 37.3 Å². The van der Waals surface area contributed by atoms with Crippen LogP contribution in [0.1, 0.15) is 29.2 Å². The summed E-state index contributed by atoms with van der Waals surface area (Å²) >= 11 is 0. The van der Waals surface area contributed by atoms with Crippen LogP contribution >= 0.6 is 0 Å². The topological polar surface area (TPSA) is 26.0 Å². The molecule has 2 N–H and O–H groups in total. The number of rotatable bonds is 2. The van der Waals surface area contributed by atoms with E-state index in [0.29, 0.717) is 0 Å². The maximum Gasteiger partial charge on any atom is -0.00200 e. The molecule has 1 aliphatic rings. The average molecular weight is 263 g/mol. The number of nitrogens with two attached hydrogens (primary N) is 1. The molecule has 0 aromatic heterocycles. The van der Waals surface area contributed by atoms with Gasteiger partial charge in [0.2, 0.25) is 0 Å². The second-order valence-electron chi connectivity index (χ2n) is 4.92. The fourth-order valence-electron chi connectivity index (χ4n) is 2.12. The van der Waals surface area contributed by atoms with Gasteiger partial charge in [-0.2, -0.15) is 0 Å². The van der Waals surface area contributed by atoms with Crippen molar-refractivity contribution in [2.24, 2.45) is 5.73 Å². The molecule has 0 saturated carbocycles. The SMILES string of the molecule is C/C=C(\C=C/N)c1ccccc1.Cc1ccc2c(c1)C2. The van der Waals surface area contributed by atoms with E-state index in [1.807, 2.05) is 37.3 Å². The lowest BCUT2D eigenvalue weighted by Crippen LogP contribution is -1.82. The summed E-state index contributed by atoms with van der Waals surface area (Å²) in [5.41, 5.74) is 12.1. The number of aryl methyl sites for hydroxylation is 1. The van der Waals surface area contributed by atoms with Gasteiger partial charge < -0.3 is 5.73 Å². The summed E-state index contributed by atoms with van der Waals surface area (Å²) < 4.78 is 0. The van der Waals surface area contributed by atoms with Gasteiger partial charge in [0, 0.05) is 0 Å². The second kappa shape index (κ2) is 6.76. The molecule has 0 bridgehead atoms. The first-order valence-electron chi connectivity index (χ1n) is 6.93. The molecule has 2 aromatic carbocycles. The van der Waals surface area contributed by atoms with E-state index >= 15 is 0 Å². The van der Waals surface area contributed by atoms with E-state index in [0.717, 1.165) is 5.57 Å². The predicted octanol–water partition coefficient (Wildman–Crippen LogP) is 4.46. The summed E-state index contributed by atoms with van der Waals surface area (Å²) in [6.07, 6.45) is 6.74. The van der Waals surface area contributed by atoms with Crippen LogP contribution in [-0.2, 0) is 6.42 Å². The lowest BCUT2D eigenvalue weighted by atomic mass is 10.1. The van der Waals surface area contributed by atoms with Gasteiger partial charge in [0.05, 0.1) is 0 Å². The molecule has 1 aliphatic carbocycles. The summed E-state index contributed by atoms with van der Waals surface area (Å²) in [5.74, 6) is 0. The van der Waals surface area contributed by atoms with Crippen LogP contribution < -0.4 is 5.73 Å². The van der Waals surface area contributed by atoms with Crippen LogP contribution in [0.2, 0.25) is 0 Å². The van der Waals surface area contributed by atoms with Crippen LogP contribution in [-0.4, -0.2) is 0 Å². The Morgan fingerprint density at radius 2 is 1.80 bits per heavy atom. The van der Waals surface area contributed by atoms with Crippen molar-refractivity contribution < 1.29 is 0 Å². The average Bonchev–Trinajstić information content (AvgIpc) is 3.24. The molecule has 3 rings (SSSR count). The Morgan fingerprint density at radius 3 is 2.35 bits per heavy atom. The summed E-state index contributed by atoms with van der Waals surface area (Å²) in [6.45, 7) is 4.14. The molecule has 102 valence electrons. The highest BCUT2D eigenvalue weighted by molar-refractivity contribution is 5.73. The first-order valence-corrected chi connectivity index (χ1v) is 6.93. The van der Waals surface area contributed by atoms with E-state index in [4.69, 9.17) is 5.73 Å². The Hall–Kier alpha value is -2.28. The summed E-state index contributed by atoms with van der Waals surface area (Å²) in [7, 11) is 0. The molecule has 0 aliphatic heterocycles. The van der Waals surface area contributed by atoms with E-state index < -0.39 is 0 Å². The Labute approximate surface area is 121 Å². The van der Waals surface area contributed by atoms with E-state index in [1.54, 1.807) is 11.8 Å². The lowest BCUT2D eigenvalue weighted by Gasteiger charge is -1.99. The number of hydrogen-bond acceptors (Lipinski definition) is 1. The van der Waals surface area contributed by atoms with Crippen molar-refractivity contribution in [1.29, 1.82) is 0 Å². The monoisotopic (exact) mass is 263 g/mol. The third-order valence-electron chi connectivity index (χ3n) is 3.31. The van der Waals surface area contributed by atoms with Crippen LogP contribution in [0.3, 0.4) is 0 Å². The van der Waals surface area contributed by atoms with Crippen LogP contribution in [0.15, 0.2) is 66.9 Å². The molecule has 0 fully saturated rings. The van der Waals surface area contributed by atoms with Gasteiger partial charge in [-0.05, 0) is 54.8 Å². The minimum atomic E-state index is 1.15. The zero-order valence-corrected chi connectivity index (χ0v) is 12.1. The zero-order valence-electron chi connectivity index (χ0n) is 12.1. The van der Waals surface area contributed by atoms with E-state index in [-0.39, 0.29) is 0 Å². The predicted molar refractivity (Wildman–Crippen MR) is 87.4 cm³/mol. The van der Waals surface area contributed by atoms with Crippen molar-refractivity contribution in [1.82, 2.24) is 0 Å². The smallest absolute Gasteiger partial charge is 0.00200 e. The highest BCUT2D eigenvalue weighted by Gasteiger charge is 2.14. The molecule has 0 unspecified atom stereocenters. The zero-order chi connectivity index (χ0) is 14.4. The van der Waals surface area contributed by atoms with Gasteiger partial charge in [-0.3, -0.25) is 0 Å². The number of benzene rings is 2. The van der Waals surface area contributed by atoms with Crippen molar-refractivity contribution >= 4 is 5.57 Å². The van der Waals surface area contributed by atoms with Gasteiger partial charge in [-0.25, -0.2) is 0 Å². The van der Waals surface area contributed by atoms with Crippen LogP contribution in [0, 0.1) is 6.92 Å². The molecule has 0 saturated heterocycles. The Morgan fingerprint density at radius 1 is 1.05 bits per heavy atom. The Kier molecular flexibility index (Phi) is 4.78. The van der Waals surface area contributed by atoms with Gasteiger partial charge in [0.15, 0.2) is 0 Å². The van der Waals surface area contributed by atoms with E-state index in [9.17, 15) is 0 Å². The minimum Gasteiger partial charge on any atom is -0.405 e. The summed E-state index contributed by atoms with van der Waals surface area (Å²) in [4.78, 5) is 0. The molecule has 1 nitrogen and oxygen atoms in total. The maximum atomic E-state index is 5.32. The first-order chi connectivity index (χ1) is 9.74. The third kappa shape index (κ3) is 3.86. The molecule has 20 heavy (non-hydrogen) atoms. The maximum absolute atomic E-state index is 5.32. The molecule has 0 atom stereocenters. The molecular formula is C19H21N. The second-order valence-corrected chi connectivity index (χ2v) is 4.92. The third-order valence-corrected chi connectivity index (χ3v) is 3.31. The molecule has 1 heteroatoms. The van der Waals surface area contributed by atoms with Gasteiger partial charge in [0.25, 0.3) is 0 Å². The molecule has 0 spiro atoms. The normalized spacial score (nSPS) is 12.6. The lowest BCUT2D eigenvalue weighted by molar-refractivity contribution is 1.48. The van der Waals surface area contributed by atoms with Crippen LogP contribution in [0.4, 0.5) is 0 Å². The molecule has 0 radical (unpaired) electrons. The molecular weight excluding hydrogens is 242 g/mol. The van der Waals surface area contributed by atoms with Crippen molar-refractivity contribution in [2.75, 3.05) is 0 Å². The van der Waals surface area contributed by atoms with Crippen LogP contribution in [0.5, 0.6) is 0 Å². The fourth-order valence-corrected chi connectivity index (χ4v) is 2.12. The van der Waals surface area contributed by atoms with Gasteiger partial charge in [-0.15, -0.1) is 0 Å². The largest absolute Gasteiger partial charge is 0.405 e. The standard InChI is InChI=1S/C11H13N.C8H8/c1-2-10(8-9-12)11-6-4-3-5-7-11;1-6-2-3-7-5-8(7)4-6/h2-9H,12H2,1H3;2-4H,5H2,1H3/b9-8-,10-2+;. The summed E-state index contributed by atoms with van der Waals surface area (Å²) in [6, 6.07) is 16.8. The van der Waals surface area contributed by atoms with Crippen molar-refractivity contribution in [3.05, 3.63) is 89.1 Å². The Balaban J connectivity index is 0.000000157. The van der Waals surface area contributed by atoms with E-state index in [1.165, 1.54) is 23.1 Å². The first kappa shape index (κ1) is 14.1. The minimum absolute atomic E-state index is 1.15. The quantitative estimate of drug-likeness (QED) is 0.679. The van der Waals surface area contributed by atoms with Crippen molar-refractivity contribution in [2.45, 2.75) is 20.3 Å². The Bertz CT molecular complexity index is 621. The number of hydrogen-bond donors (Lipinski definition) is 1. The molecule has 0 amide bonds. The van der Waals surface area contributed by atoms with Gasteiger partial charge in [-0.1, -0.05) is 60.2 Å². The number of allylic oxidation sites excluding steroid dienone is 3. The molecule has 0 heterocycles. The van der Waals surface area contributed by atoms with Gasteiger partial charge in [0.1, 0.15) is 0 Å². The van der Waals surface area contributed by atoms with Crippen LogP contribution in [0.25, 0.3) is 5.57 Å². The summed E-state index contributed by atoms with van der Waals surface area (Å²) in [5, 5.41) is 0. The highest BCUT2D eigenvalue weighted by atomic mass is 14.5. The van der Waals surface area contributed by atoms with Crippen molar-refractivity contribution in [3.63, 3.8) is 0 Å². The fraction of sp³-hybridized carbons (Fsp3) is 0.158. The van der Waals surface area contributed by atoms with Crippen molar-refractivity contribution in [3.8, 4) is 0 Å². The highest BCUT2D eigenvalue weighted by Crippen LogP contribution is 2.27. The number of fused-ring (bicyclic) bond motifs is 1. The van der Waals surface area contributed by atoms with Gasteiger partial charge >= 0.3 is 0 Å².